The van der Waals surface area contributed by atoms with E-state index in [-0.39, 0.29) is 5.60 Å². The molecular weight excluding hydrogens is 412 g/mol. The monoisotopic (exact) mass is 438 g/mol. The second kappa shape index (κ2) is 8.07. The number of anilines is 2. The van der Waals surface area contributed by atoms with Crippen molar-refractivity contribution in [1.29, 1.82) is 0 Å². The van der Waals surface area contributed by atoms with E-state index in [9.17, 15) is 0 Å². The second-order valence-electron chi connectivity index (χ2n) is 8.30. The number of halogens is 1. The molecule has 28 heavy (non-hydrogen) atoms. The van der Waals surface area contributed by atoms with Gasteiger partial charge in [0.05, 0.1) is 33.8 Å². The summed E-state index contributed by atoms with van der Waals surface area (Å²) in [5.41, 5.74) is 2.34. The number of ether oxygens (including phenoxy) is 2. The molecule has 3 heterocycles. The lowest BCUT2D eigenvalue weighted by Gasteiger charge is -2.39. The minimum Gasteiger partial charge on any atom is -0.374 e. The Kier molecular flexibility index (Phi) is 5.87. The molecule has 0 bridgehead atoms. The van der Waals surface area contributed by atoms with Gasteiger partial charge >= 0.3 is 0 Å². The predicted molar refractivity (Wildman–Crippen MR) is 120 cm³/mol. The molecule has 0 saturated carbocycles. The Morgan fingerprint density at radius 1 is 1.18 bits per heavy atom. The molecule has 1 N–H and O–H groups in total. The van der Waals surface area contributed by atoms with Crippen LogP contribution in [0.3, 0.4) is 0 Å². The Hall–Kier alpha value is -0.920. The van der Waals surface area contributed by atoms with E-state index in [4.69, 9.17) is 21.1 Å². The molecule has 4 nitrogen and oxygen atoms in total. The molecule has 2 aliphatic heterocycles. The molecule has 4 rings (SSSR count). The van der Waals surface area contributed by atoms with Crippen LogP contribution in [0.2, 0.25) is 5.02 Å². The summed E-state index contributed by atoms with van der Waals surface area (Å²) < 4.78 is 15.8. The summed E-state index contributed by atoms with van der Waals surface area (Å²) in [6.45, 7) is 8.03. The zero-order valence-corrected chi connectivity index (χ0v) is 19.0. The number of para-hydroxylation sites is 1. The summed E-state index contributed by atoms with van der Waals surface area (Å²) in [6.07, 6.45) is 2.36. The van der Waals surface area contributed by atoms with Gasteiger partial charge < -0.3 is 19.1 Å². The van der Waals surface area contributed by atoms with Gasteiger partial charge in [-0.15, -0.1) is 11.3 Å². The summed E-state index contributed by atoms with van der Waals surface area (Å²) >= 11 is 9.99. The van der Waals surface area contributed by atoms with Gasteiger partial charge in [0.2, 0.25) is 0 Å². The number of nitrogens with one attached hydrogen (secondary N) is 1. The first-order valence-corrected chi connectivity index (χ1v) is 11.6. The lowest BCUT2D eigenvalue weighted by Crippen LogP contribution is -2.47. The van der Waals surface area contributed by atoms with E-state index < -0.39 is 0 Å². The van der Waals surface area contributed by atoms with Crippen LogP contribution >= 0.6 is 34.9 Å². The number of nitrogens with zero attached hydrogens (tertiary/aromatic N) is 1. The summed E-state index contributed by atoms with van der Waals surface area (Å²) in [5.74, 6) is 0. The molecule has 0 atom stereocenters. The highest BCUT2D eigenvalue weighted by Gasteiger charge is 2.42. The van der Waals surface area contributed by atoms with Crippen LogP contribution in [0.15, 0.2) is 34.5 Å². The molecule has 2 aromatic rings. The highest BCUT2D eigenvalue weighted by Crippen LogP contribution is 2.43. The maximum Gasteiger partial charge on any atom is 0.148 e. The molecule has 0 spiro atoms. The van der Waals surface area contributed by atoms with E-state index in [0.29, 0.717) is 18.6 Å². The van der Waals surface area contributed by atoms with Gasteiger partial charge in [0.1, 0.15) is 5.60 Å². The van der Waals surface area contributed by atoms with Gasteiger partial charge in [-0.2, -0.15) is 0 Å². The van der Waals surface area contributed by atoms with Crippen LogP contribution in [0.4, 0.5) is 11.4 Å². The van der Waals surface area contributed by atoms with E-state index in [2.05, 4.69) is 41.7 Å². The van der Waals surface area contributed by atoms with Crippen LogP contribution in [0.5, 0.6) is 0 Å². The predicted octanol–water partition coefficient (Wildman–Crippen LogP) is 6.02. The van der Waals surface area contributed by atoms with Crippen molar-refractivity contribution in [2.45, 2.75) is 36.5 Å². The highest BCUT2D eigenvalue weighted by molar-refractivity contribution is 8.02. The van der Waals surface area contributed by atoms with E-state index >= 15 is 0 Å². The second-order valence-corrected chi connectivity index (χ2v) is 10.9. The van der Waals surface area contributed by atoms with Gasteiger partial charge in [0.25, 0.3) is 0 Å². The van der Waals surface area contributed by atoms with E-state index in [1.165, 1.54) is 21.9 Å². The Bertz CT molecular complexity index is 820. The first-order chi connectivity index (χ1) is 13.4. The molecule has 7 heteroatoms. The fourth-order valence-electron chi connectivity index (χ4n) is 3.63. The van der Waals surface area contributed by atoms with Gasteiger partial charge in [0.15, 0.2) is 0 Å². The first-order valence-electron chi connectivity index (χ1n) is 9.62. The highest BCUT2D eigenvalue weighted by atomic mass is 35.5. The average molecular weight is 439 g/mol. The Labute approximate surface area is 180 Å². The molecule has 0 unspecified atom stereocenters. The standard InChI is InChI=1S/C21H27ClN2O2S2/c1-20(2)9-11-24(12-10-20)19-15(22)5-4-6-16(19)23-28-18-8-7-17(27-18)21(25-3)13-26-14-21/h4-8,23H,9-14H2,1-3H3. The molecule has 0 radical (unpaired) electrons. The zero-order valence-electron chi connectivity index (χ0n) is 16.6. The summed E-state index contributed by atoms with van der Waals surface area (Å²) in [6, 6.07) is 10.4. The van der Waals surface area contributed by atoms with Crippen molar-refractivity contribution in [2.24, 2.45) is 5.41 Å². The van der Waals surface area contributed by atoms with Crippen LogP contribution in [0.1, 0.15) is 31.6 Å². The number of benzene rings is 1. The number of thiophene rings is 1. The van der Waals surface area contributed by atoms with Crippen molar-refractivity contribution in [2.75, 3.05) is 43.0 Å². The average Bonchev–Trinajstić information content (AvgIpc) is 3.09. The molecule has 1 aromatic carbocycles. The number of hydrogen-bond acceptors (Lipinski definition) is 6. The van der Waals surface area contributed by atoms with Crippen LogP contribution in [0.25, 0.3) is 0 Å². The van der Waals surface area contributed by atoms with Crippen LogP contribution in [-0.2, 0) is 15.1 Å². The molecule has 2 fully saturated rings. The lowest BCUT2D eigenvalue weighted by molar-refractivity contribution is -0.200. The molecule has 152 valence electrons. The fourth-order valence-corrected chi connectivity index (χ4v) is 5.87. The molecule has 2 saturated heterocycles. The van der Waals surface area contributed by atoms with E-state index in [1.54, 1.807) is 30.4 Å². The van der Waals surface area contributed by atoms with E-state index in [0.717, 1.165) is 29.5 Å². The van der Waals surface area contributed by atoms with Gasteiger partial charge in [-0.25, -0.2) is 0 Å². The largest absolute Gasteiger partial charge is 0.374 e. The van der Waals surface area contributed by atoms with Crippen molar-refractivity contribution in [3.63, 3.8) is 0 Å². The Balaban J connectivity index is 1.47. The number of rotatable bonds is 6. The molecule has 2 aliphatic rings. The smallest absolute Gasteiger partial charge is 0.148 e. The first kappa shape index (κ1) is 20.4. The van der Waals surface area contributed by atoms with Crippen LogP contribution in [-0.4, -0.2) is 33.4 Å². The van der Waals surface area contributed by atoms with Crippen molar-refractivity contribution in [3.8, 4) is 0 Å². The van der Waals surface area contributed by atoms with Gasteiger partial charge in [-0.3, -0.25) is 0 Å². The van der Waals surface area contributed by atoms with Gasteiger partial charge in [-0.05, 0) is 54.5 Å². The van der Waals surface area contributed by atoms with Gasteiger partial charge in [-0.1, -0.05) is 31.5 Å². The number of piperidine rings is 1. The minimum absolute atomic E-state index is 0.259. The quantitative estimate of drug-likeness (QED) is 0.557. The third-order valence-corrected chi connectivity index (χ3v) is 8.30. The topological polar surface area (TPSA) is 33.7 Å². The molecule has 0 aliphatic carbocycles. The number of hydrogen-bond donors (Lipinski definition) is 1. The van der Waals surface area contributed by atoms with Gasteiger partial charge in [0, 0.05) is 25.1 Å². The third kappa shape index (κ3) is 4.03. The normalized spacial score (nSPS) is 20.6. The van der Waals surface area contributed by atoms with Crippen molar-refractivity contribution in [3.05, 3.63) is 40.2 Å². The maximum absolute atomic E-state index is 6.61. The lowest BCUT2D eigenvalue weighted by atomic mass is 9.82. The third-order valence-electron chi connectivity index (χ3n) is 5.77. The summed E-state index contributed by atoms with van der Waals surface area (Å²) in [4.78, 5) is 3.64. The minimum atomic E-state index is -0.259. The maximum atomic E-state index is 6.61. The van der Waals surface area contributed by atoms with Crippen molar-refractivity contribution < 1.29 is 9.47 Å². The SMILES string of the molecule is COC1(c2ccc(SNc3cccc(Cl)c3N3CCC(C)(C)CC3)s2)COC1. The summed E-state index contributed by atoms with van der Waals surface area (Å²) in [7, 11) is 1.76. The fraction of sp³-hybridized carbons (Fsp3) is 0.524. The van der Waals surface area contributed by atoms with Crippen LogP contribution in [0, 0.1) is 5.41 Å². The molecule has 1 aromatic heterocycles. The van der Waals surface area contributed by atoms with Crippen LogP contribution < -0.4 is 9.62 Å². The molecule has 0 amide bonds. The van der Waals surface area contributed by atoms with Crippen molar-refractivity contribution >= 4 is 46.3 Å². The van der Waals surface area contributed by atoms with E-state index in [1.807, 2.05) is 12.1 Å². The molecular formula is C21H27ClN2O2S2. The summed E-state index contributed by atoms with van der Waals surface area (Å²) in [5, 5.41) is 0.808. The Morgan fingerprint density at radius 2 is 1.93 bits per heavy atom. The number of methoxy groups -OCH3 is 1. The van der Waals surface area contributed by atoms with Crippen molar-refractivity contribution in [1.82, 2.24) is 0 Å². The Morgan fingerprint density at radius 3 is 2.57 bits per heavy atom. The zero-order chi connectivity index (χ0) is 19.8.